The molecular formula is C28H22ClNO4. The van der Waals surface area contributed by atoms with Gasteiger partial charge >= 0.3 is 0 Å². The van der Waals surface area contributed by atoms with E-state index in [0.717, 1.165) is 21.5 Å². The number of phenols is 2. The lowest BCUT2D eigenvalue weighted by molar-refractivity contribution is 0.102. The predicted molar refractivity (Wildman–Crippen MR) is 137 cm³/mol. The fourth-order valence-corrected chi connectivity index (χ4v) is 3.76. The van der Waals surface area contributed by atoms with E-state index in [1.165, 1.54) is 7.11 Å². The van der Waals surface area contributed by atoms with Crippen LogP contribution in [0.25, 0.3) is 21.5 Å². The summed E-state index contributed by atoms with van der Waals surface area (Å²) in [5.74, 6) is 0.321. The summed E-state index contributed by atoms with van der Waals surface area (Å²) < 4.78 is 5.20. The summed E-state index contributed by atoms with van der Waals surface area (Å²) in [6.07, 6.45) is 0. The molecule has 0 unspecified atom stereocenters. The van der Waals surface area contributed by atoms with Crippen molar-refractivity contribution < 1.29 is 19.7 Å². The average molecular weight is 472 g/mol. The van der Waals surface area contributed by atoms with Crippen LogP contribution in [-0.4, -0.2) is 23.2 Å². The Kier molecular flexibility index (Phi) is 6.85. The number of carbonyl (C=O) groups excluding carboxylic acids is 1. The van der Waals surface area contributed by atoms with Crippen LogP contribution in [0.2, 0.25) is 5.02 Å². The Morgan fingerprint density at radius 1 is 0.765 bits per heavy atom. The second kappa shape index (κ2) is 10.1. The van der Waals surface area contributed by atoms with Gasteiger partial charge in [-0.25, -0.2) is 0 Å². The summed E-state index contributed by atoms with van der Waals surface area (Å²) in [5.41, 5.74) is 0.628. The van der Waals surface area contributed by atoms with Gasteiger partial charge in [0.1, 0.15) is 17.2 Å². The van der Waals surface area contributed by atoms with Crippen molar-refractivity contribution in [3.8, 4) is 17.2 Å². The molecular weight excluding hydrogens is 450 g/mol. The lowest BCUT2D eigenvalue weighted by atomic mass is 10.1. The molecule has 0 atom stereocenters. The monoisotopic (exact) mass is 471 g/mol. The van der Waals surface area contributed by atoms with Gasteiger partial charge in [-0.2, -0.15) is 0 Å². The number of hydrogen-bond acceptors (Lipinski definition) is 4. The van der Waals surface area contributed by atoms with Gasteiger partial charge in [0.25, 0.3) is 5.91 Å². The van der Waals surface area contributed by atoms with Crippen LogP contribution in [0.4, 0.5) is 5.69 Å². The molecule has 0 aliphatic rings. The highest BCUT2D eigenvalue weighted by molar-refractivity contribution is 6.31. The highest BCUT2D eigenvalue weighted by Gasteiger charge is 2.15. The van der Waals surface area contributed by atoms with Crippen molar-refractivity contribution in [3.63, 3.8) is 0 Å². The third kappa shape index (κ3) is 5.05. The van der Waals surface area contributed by atoms with Crippen LogP contribution < -0.4 is 10.1 Å². The van der Waals surface area contributed by atoms with Crippen molar-refractivity contribution in [1.82, 2.24) is 0 Å². The molecule has 34 heavy (non-hydrogen) atoms. The van der Waals surface area contributed by atoms with Crippen LogP contribution >= 0.6 is 11.6 Å². The number of ether oxygens (including phenoxy) is 1. The number of anilines is 1. The van der Waals surface area contributed by atoms with Gasteiger partial charge in [0.15, 0.2) is 0 Å². The van der Waals surface area contributed by atoms with E-state index >= 15 is 0 Å². The maximum absolute atomic E-state index is 12.5. The first-order valence-corrected chi connectivity index (χ1v) is 10.9. The number of carbonyl (C=O) groups is 1. The molecule has 5 aromatic rings. The molecule has 170 valence electrons. The van der Waals surface area contributed by atoms with E-state index in [1.807, 2.05) is 60.7 Å². The number of amides is 1. The van der Waals surface area contributed by atoms with Crippen molar-refractivity contribution in [2.75, 3.05) is 12.4 Å². The summed E-state index contributed by atoms with van der Waals surface area (Å²) in [4.78, 5) is 12.5. The SMILES string of the molecule is COc1ccc(Cl)cc1NC(=O)c1cc2ccccc2cc1O.Oc1cccc2ccccc12. The quantitative estimate of drug-likeness (QED) is 0.264. The highest BCUT2D eigenvalue weighted by Crippen LogP contribution is 2.30. The zero-order valence-corrected chi connectivity index (χ0v) is 19.1. The molecule has 6 heteroatoms. The van der Waals surface area contributed by atoms with Crippen LogP contribution in [0, 0.1) is 0 Å². The Balaban J connectivity index is 0.000000207. The first-order valence-electron chi connectivity index (χ1n) is 10.5. The number of methoxy groups -OCH3 is 1. The van der Waals surface area contributed by atoms with Gasteiger partial charge in [-0.1, -0.05) is 72.3 Å². The Morgan fingerprint density at radius 2 is 1.41 bits per heavy atom. The minimum absolute atomic E-state index is 0.0813. The van der Waals surface area contributed by atoms with E-state index in [9.17, 15) is 15.0 Å². The van der Waals surface area contributed by atoms with E-state index in [4.69, 9.17) is 16.3 Å². The fourth-order valence-electron chi connectivity index (χ4n) is 3.59. The van der Waals surface area contributed by atoms with Crippen molar-refractivity contribution in [2.24, 2.45) is 0 Å². The fraction of sp³-hybridized carbons (Fsp3) is 0.0357. The van der Waals surface area contributed by atoms with Crippen molar-refractivity contribution >= 4 is 44.7 Å². The maximum Gasteiger partial charge on any atom is 0.259 e. The van der Waals surface area contributed by atoms with E-state index in [1.54, 1.807) is 36.4 Å². The number of nitrogens with one attached hydrogen (secondary N) is 1. The largest absolute Gasteiger partial charge is 0.507 e. The zero-order valence-electron chi connectivity index (χ0n) is 18.3. The van der Waals surface area contributed by atoms with Crippen LogP contribution in [0.15, 0.2) is 97.1 Å². The van der Waals surface area contributed by atoms with Crippen molar-refractivity contribution in [2.45, 2.75) is 0 Å². The minimum atomic E-state index is -0.436. The summed E-state index contributed by atoms with van der Waals surface area (Å²) in [6.45, 7) is 0. The number of aromatic hydroxyl groups is 2. The second-order valence-electron chi connectivity index (χ2n) is 7.51. The molecule has 5 nitrogen and oxygen atoms in total. The standard InChI is InChI=1S/C18H14ClNO3.C10H8O/c1-23-17-7-6-13(19)10-15(17)20-18(22)14-8-11-4-2-3-5-12(11)9-16(14)21;11-10-7-3-5-8-4-1-2-6-9(8)10/h2-10,21H,1H3,(H,20,22);1-7,11H. The van der Waals surface area contributed by atoms with Gasteiger partial charge in [-0.05, 0) is 52.6 Å². The van der Waals surface area contributed by atoms with E-state index in [0.29, 0.717) is 22.2 Å². The third-order valence-corrected chi connectivity index (χ3v) is 5.52. The topological polar surface area (TPSA) is 78.8 Å². The van der Waals surface area contributed by atoms with Gasteiger partial charge in [0, 0.05) is 10.4 Å². The lowest BCUT2D eigenvalue weighted by Crippen LogP contribution is -2.13. The lowest BCUT2D eigenvalue weighted by Gasteiger charge is -2.12. The van der Waals surface area contributed by atoms with Crippen LogP contribution in [0.5, 0.6) is 17.2 Å². The molecule has 0 fully saturated rings. The summed E-state index contributed by atoms with van der Waals surface area (Å²) in [6, 6.07) is 28.9. The van der Waals surface area contributed by atoms with Crippen LogP contribution in [-0.2, 0) is 0 Å². The molecule has 0 spiro atoms. The molecule has 0 aliphatic carbocycles. The molecule has 0 aliphatic heterocycles. The second-order valence-corrected chi connectivity index (χ2v) is 7.95. The molecule has 3 N–H and O–H groups in total. The highest BCUT2D eigenvalue weighted by atomic mass is 35.5. The Morgan fingerprint density at radius 3 is 2.12 bits per heavy atom. The smallest absolute Gasteiger partial charge is 0.259 e. The Labute approximate surface area is 201 Å². The van der Waals surface area contributed by atoms with Crippen LogP contribution in [0.1, 0.15) is 10.4 Å². The van der Waals surface area contributed by atoms with Gasteiger partial charge in [0.05, 0.1) is 18.4 Å². The maximum atomic E-state index is 12.5. The van der Waals surface area contributed by atoms with Crippen molar-refractivity contribution in [3.05, 3.63) is 108 Å². The summed E-state index contributed by atoms with van der Waals surface area (Å²) in [5, 5.41) is 26.4. The van der Waals surface area contributed by atoms with Crippen LogP contribution in [0.3, 0.4) is 0 Å². The Bertz CT molecular complexity index is 1480. The number of fused-ring (bicyclic) bond motifs is 2. The molecule has 0 aromatic heterocycles. The zero-order chi connectivity index (χ0) is 24.1. The van der Waals surface area contributed by atoms with Gasteiger partial charge < -0.3 is 20.3 Å². The summed E-state index contributed by atoms with van der Waals surface area (Å²) in [7, 11) is 1.51. The number of hydrogen-bond donors (Lipinski definition) is 3. The molecule has 1 amide bonds. The number of rotatable bonds is 3. The van der Waals surface area contributed by atoms with Gasteiger partial charge in [-0.15, -0.1) is 0 Å². The molecule has 0 saturated heterocycles. The average Bonchev–Trinajstić information content (AvgIpc) is 2.84. The normalized spacial score (nSPS) is 10.4. The number of halogens is 1. The first-order chi connectivity index (χ1) is 16.5. The Hall–Kier alpha value is -4.22. The van der Waals surface area contributed by atoms with E-state index < -0.39 is 5.91 Å². The molecule has 0 heterocycles. The number of benzene rings is 5. The number of phenolic OH excluding ortho intramolecular Hbond substituents is 2. The summed E-state index contributed by atoms with van der Waals surface area (Å²) >= 11 is 5.96. The third-order valence-electron chi connectivity index (χ3n) is 5.28. The van der Waals surface area contributed by atoms with Gasteiger partial charge in [0.2, 0.25) is 0 Å². The molecule has 5 aromatic carbocycles. The molecule has 0 saturated carbocycles. The predicted octanol–water partition coefficient (Wildman–Crippen LogP) is 7.01. The molecule has 0 radical (unpaired) electrons. The molecule has 0 bridgehead atoms. The molecule has 5 rings (SSSR count). The van der Waals surface area contributed by atoms with Crippen molar-refractivity contribution in [1.29, 1.82) is 0 Å². The van der Waals surface area contributed by atoms with Gasteiger partial charge in [-0.3, -0.25) is 4.79 Å². The van der Waals surface area contributed by atoms with E-state index in [2.05, 4.69) is 5.32 Å². The minimum Gasteiger partial charge on any atom is -0.507 e. The van der Waals surface area contributed by atoms with E-state index in [-0.39, 0.29) is 11.3 Å². The first kappa shape index (κ1) is 23.0.